The van der Waals surface area contributed by atoms with E-state index in [1.807, 2.05) is 6.92 Å². The zero-order valence-electron chi connectivity index (χ0n) is 13.6. The van der Waals surface area contributed by atoms with Crippen molar-refractivity contribution < 1.29 is 18.4 Å². The monoisotopic (exact) mass is 354 g/mol. The standard InChI is InChI=1S/C16H22N2O5S/c1-12-5-7-14(8-6-12)24(22,23)17-10-13(11-19)16(18(20)21)9-3-2-4-15(16)17/h5-8,13,15,19H,2-4,9-11H2,1H3/t13-,15?,16+/m1/s1. The first kappa shape index (κ1) is 17.3. The van der Waals surface area contributed by atoms with Crippen LogP contribution in [0.5, 0.6) is 0 Å². The summed E-state index contributed by atoms with van der Waals surface area (Å²) < 4.78 is 27.4. The van der Waals surface area contributed by atoms with Crippen molar-refractivity contribution in [2.24, 2.45) is 5.92 Å². The molecule has 0 aromatic heterocycles. The molecule has 0 spiro atoms. The number of aliphatic hydroxyl groups is 1. The van der Waals surface area contributed by atoms with E-state index in [0.29, 0.717) is 19.3 Å². The number of rotatable bonds is 4. The van der Waals surface area contributed by atoms with E-state index >= 15 is 0 Å². The summed E-state index contributed by atoms with van der Waals surface area (Å²) in [5.74, 6) is -0.668. The summed E-state index contributed by atoms with van der Waals surface area (Å²) in [4.78, 5) is 11.7. The molecule has 2 fully saturated rings. The van der Waals surface area contributed by atoms with Crippen LogP contribution in [-0.4, -0.2) is 47.5 Å². The fourth-order valence-corrected chi connectivity index (χ4v) is 5.97. The Balaban J connectivity index is 2.05. The van der Waals surface area contributed by atoms with Crippen molar-refractivity contribution in [3.63, 3.8) is 0 Å². The number of sulfonamides is 1. The summed E-state index contributed by atoms with van der Waals surface area (Å²) in [5.41, 5.74) is -0.425. The van der Waals surface area contributed by atoms with Crippen LogP contribution in [0.4, 0.5) is 0 Å². The fraction of sp³-hybridized carbons (Fsp3) is 0.625. The molecule has 1 N–H and O–H groups in total. The minimum atomic E-state index is -3.82. The molecule has 2 aliphatic rings. The highest BCUT2D eigenvalue weighted by atomic mass is 32.2. The van der Waals surface area contributed by atoms with E-state index in [9.17, 15) is 23.6 Å². The predicted octanol–water partition coefficient (Wildman–Crippen LogP) is 1.57. The van der Waals surface area contributed by atoms with Crippen molar-refractivity contribution in [2.75, 3.05) is 13.2 Å². The van der Waals surface area contributed by atoms with Crippen LogP contribution in [0.3, 0.4) is 0 Å². The third-order valence-corrected chi connectivity index (χ3v) is 7.41. The molecule has 7 nitrogen and oxygen atoms in total. The average molecular weight is 354 g/mol. The van der Waals surface area contributed by atoms with E-state index in [1.165, 1.54) is 16.4 Å². The van der Waals surface area contributed by atoms with E-state index in [0.717, 1.165) is 12.0 Å². The highest BCUT2D eigenvalue weighted by Crippen LogP contribution is 2.47. The first-order valence-electron chi connectivity index (χ1n) is 8.18. The number of fused-ring (bicyclic) bond motifs is 1. The largest absolute Gasteiger partial charge is 0.396 e. The smallest absolute Gasteiger partial charge is 0.244 e. The molecular formula is C16H22N2O5S. The molecule has 24 heavy (non-hydrogen) atoms. The molecule has 1 saturated carbocycles. The molecule has 3 atom stereocenters. The minimum absolute atomic E-state index is 0.00163. The Morgan fingerprint density at radius 2 is 2.00 bits per heavy atom. The van der Waals surface area contributed by atoms with Crippen LogP contribution >= 0.6 is 0 Å². The topological polar surface area (TPSA) is 101 Å². The Morgan fingerprint density at radius 1 is 1.33 bits per heavy atom. The maximum atomic E-state index is 13.0. The lowest BCUT2D eigenvalue weighted by Crippen LogP contribution is -2.56. The van der Waals surface area contributed by atoms with Gasteiger partial charge in [0.1, 0.15) is 0 Å². The summed E-state index contributed by atoms with van der Waals surface area (Å²) in [5, 5.41) is 21.5. The maximum absolute atomic E-state index is 13.0. The zero-order valence-corrected chi connectivity index (χ0v) is 14.4. The van der Waals surface area contributed by atoms with Crippen molar-refractivity contribution in [1.29, 1.82) is 0 Å². The van der Waals surface area contributed by atoms with Crippen molar-refractivity contribution >= 4 is 10.0 Å². The van der Waals surface area contributed by atoms with Gasteiger partial charge in [0.15, 0.2) is 0 Å². The van der Waals surface area contributed by atoms with Gasteiger partial charge in [0.2, 0.25) is 15.6 Å². The summed E-state index contributed by atoms with van der Waals surface area (Å²) >= 11 is 0. The van der Waals surface area contributed by atoms with Crippen LogP contribution < -0.4 is 0 Å². The summed E-state index contributed by atoms with van der Waals surface area (Å²) in [6, 6.07) is 5.81. The zero-order chi connectivity index (χ0) is 17.5. The average Bonchev–Trinajstić information content (AvgIpc) is 2.92. The maximum Gasteiger partial charge on any atom is 0.244 e. The van der Waals surface area contributed by atoms with Crippen LogP contribution in [0.2, 0.25) is 0 Å². The van der Waals surface area contributed by atoms with Gasteiger partial charge < -0.3 is 5.11 Å². The van der Waals surface area contributed by atoms with Gasteiger partial charge in [-0.25, -0.2) is 8.42 Å². The second-order valence-corrected chi connectivity index (χ2v) is 8.67. The number of aliphatic hydroxyl groups excluding tert-OH is 1. The summed E-state index contributed by atoms with van der Waals surface area (Å²) in [7, 11) is -3.82. The van der Waals surface area contributed by atoms with Gasteiger partial charge in [0, 0.05) is 17.9 Å². The summed E-state index contributed by atoms with van der Waals surface area (Å²) in [6.45, 7) is 1.49. The molecule has 0 amide bonds. The van der Waals surface area contributed by atoms with Gasteiger partial charge in [-0.1, -0.05) is 24.1 Å². The van der Waals surface area contributed by atoms with Gasteiger partial charge >= 0.3 is 0 Å². The van der Waals surface area contributed by atoms with E-state index in [2.05, 4.69) is 0 Å². The molecule has 3 rings (SSSR count). The summed E-state index contributed by atoms with van der Waals surface area (Å²) in [6.07, 6.45) is 2.23. The molecule has 1 heterocycles. The molecule has 1 unspecified atom stereocenters. The highest BCUT2D eigenvalue weighted by Gasteiger charge is 2.66. The van der Waals surface area contributed by atoms with E-state index in [1.54, 1.807) is 12.1 Å². The van der Waals surface area contributed by atoms with Crippen molar-refractivity contribution in [3.05, 3.63) is 39.9 Å². The van der Waals surface area contributed by atoms with Crippen molar-refractivity contribution in [1.82, 2.24) is 4.31 Å². The number of nitrogens with zero attached hydrogens (tertiary/aromatic N) is 2. The molecule has 8 heteroatoms. The Bertz CT molecular complexity index is 733. The number of aryl methyl sites for hydroxylation is 1. The molecule has 0 bridgehead atoms. The van der Waals surface area contributed by atoms with E-state index in [-0.39, 0.29) is 23.0 Å². The molecular weight excluding hydrogens is 332 g/mol. The minimum Gasteiger partial charge on any atom is -0.396 e. The van der Waals surface area contributed by atoms with Gasteiger partial charge in [-0.15, -0.1) is 0 Å². The van der Waals surface area contributed by atoms with E-state index in [4.69, 9.17) is 0 Å². The molecule has 1 aromatic rings. The number of nitro groups is 1. The van der Waals surface area contributed by atoms with Crippen LogP contribution in [0.25, 0.3) is 0 Å². The molecule has 0 radical (unpaired) electrons. The molecule has 1 saturated heterocycles. The third kappa shape index (κ3) is 2.44. The molecule has 132 valence electrons. The lowest BCUT2D eigenvalue weighted by atomic mass is 9.73. The van der Waals surface area contributed by atoms with Crippen LogP contribution in [0.15, 0.2) is 29.2 Å². The first-order chi connectivity index (χ1) is 11.3. The van der Waals surface area contributed by atoms with Gasteiger partial charge in [-0.05, 0) is 31.9 Å². The Hall–Kier alpha value is -1.51. The highest BCUT2D eigenvalue weighted by molar-refractivity contribution is 7.89. The fourth-order valence-electron chi connectivity index (χ4n) is 4.22. The molecule has 1 aromatic carbocycles. The van der Waals surface area contributed by atoms with Gasteiger partial charge in [-0.3, -0.25) is 10.1 Å². The van der Waals surface area contributed by atoms with Crippen LogP contribution in [0.1, 0.15) is 31.2 Å². The predicted molar refractivity (Wildman–Crippen MR) is 87.6 cm³/mol. The van der Waals surface area contributed by atoms with Crippen molar-refractivity contribution in [3.8, 4) is 0 Å². The number of benzene rings is 1. The quantitative estimate of drug-likeness (QED) is 0.653. The van der Waals surface area contributed by atoms with Gasteiger partial charge in [-0.2, -0.15) is 4.31 Å². The SMILES string of the molecule is Cc1ccc(S(=O)(=O)N2C[C@H](CO)[C@@]3([N+](=O)[O-])CCCCC23)cc1. The molecule has 1 aliphatic heterocycles. The van der Waals surface area contributed by atoms with Crippen LogP contribution in [0, 0.1) is 23.0 Å². The lowest BCUT2D eigenvalue weighted by molar-refractivity contribution is -0.585. The van der Waals surface area contributed by atoms with Gasteiger partial charge in [0.25, 0.3) is 0 Å². The van der Waals surface area contributed by atoms with Gasteiger partial charge in [0.05, 0.1) is 23.5 Å². The Kier molecular flexibility index (Phi) is 4.39. The molecule has 1 aliphatic carbocycles. The van der Waals surface area contributed by atoms with Crippen molar-refractivity contribution in [2.45, 2.75) is 49.1 Å². The number of hydrogen-bond acceptors (Lipinski definition) is 5. The second-order valence-electron chi connectivity index (χ2n) is 6.78. The van der Waals surface area contributed by atoms with E-state index < -0.39 is 27.5 Å². The third-order valence-electron chi connectivity index (χ3n) is 5.52. The Labute approximate surface area is 141 Å². The lowest BCUT2D eigenvalue weighted by Gasteiger charge is -2.36. The Morgan fingerprint density at radius 3 is 2.58 bits per heavy atom. The second kappa shape index (κ2) is 6.09. The normalized spacial score (nSPS) is 30.9. The number of hydrogen-bond donors (Lipinski definition) is 1. The first-order valence-corrected chi connectivity index (χ1v) is 9.62. The van der Waals surface area contributed by atoms with Crippen LogP contribution in [-0.2, 0) is 10.0 Å².